The molecule has 0 spiro atoms. The highest BCUT2D eigenvalue weighted by Gasteiger charge is 2.23. The molecular formula is C17H26N4O2. The molecule has 6 nitrogen and oxygen atoms in total. The molecule has 1 atom stereocenters. The number of aryl methyl sites for hydroxylation is 1. The third-order valence-electron chi connectivity index (χ3n) is 4.12. The molecule has 1 aromatic heterocycles. The molecular weight excluding hydrogens is 292 g/mol. The first-order chi connectivity index (χ1) is 11.0. The van der Waals surface area contributed by atoms with Gasteiger partial charge in [-0.2, -0.15) is 0 Å². The molecule has 0 bridgehead atoms. The van der Waals surface area contributed by atoms with E-state index in [9.17, 15) is 5.11 Å². The van der Waals surface area contributed by atoms with E-state index in [0.29, 0.717) is 12.5 Å². The van der Waals surface area contributed by atoms with Crippen LogP contribution in [0.25, 0.3) is 0 Å². The Balaban J connectivity index is 2.19. The van der Waals surface area contributed by atoms with E-state index in [1.807, 2.05) is 23.7 Å². The fourth-order valence-electron chi connectivity index (χ4n) is 2.64. The lowest BCUT2D eigenvalue weighted by Gasteiger charge is -2.32. The summed E-state index contributed by atoms with van der Waals surface area (Å²) >= 11 is 0. The maximum atomic E-state index is 9.82. The molecule has 1 aromatic carbocycles. The first-order valence-electron chi connectivity index (χ1n) is 7.85. The normalized spacial score (nSPS) is 12.8. The number of benzene rings is 1. The summed E-state index contributed by atoms with van der Waals surface area (Å²) in [5.41, 5.74) is 1.17. The molecule has 0 saturated carbocycles. The van der Waals surface area contributed by atoms with Crippen LogP contribution >= 0.6 is 0 Å². The molecule has 0 aliphatic rings. The maximum Gasteiger partial charge on any atom is 0.146 e. The number of nitrogens with zero attached hydrogens (tertiary/aromatic N) is 4. The van der Waals surface area contributed by atoms with Crippen LogP contribution in [-0.4, -0.2) is 44.5 Å². The highest BCUT2D eigenvalue weighted by molar-refractivity contribution is 5.27. The highest BCUT2D eigenvalue weighted by atomic mass is 16.5. The predicted molar refractivity (Wildman–Crippen MR) is 89.0 cm³/mol. The van der Waals surface area contributed by atoms with Crippen molar-refractivity contribution < 1.29 is 9.84 Å². The molecule has 0 unspecified atom stereocenters. The largest absolute Gasteiger partial charge is 0.497 e. The Morgan fingerprint density at radius 1 is 1.22 bits per heavy atom. The van der Waals surface area contributed by atoms with Crippen LogP contribution < -0.4 is 4.74 Å². The molecule has 2 aromatic rings. The summed E-state index contributed by atoms with van der Waals surface area (Å²) in [6.07, 6.45) is 1.70. The first kappa shape index (κ1) is 17.4. The van der Waals surface area contributed by atoms with Crippen molar-refractivity contribution in [3.05, 3.63) is 42.0 Å². The molecule has 1 N–H and O–H groups in total. The summed E-state index contributed by atoms with van der Waals surface area (Å²) < 4.78 is 7.12. The van der Waals surface area contributed by atoms with Crippen LogP contribution in [0.1, 0.15) is 25.2 Å². The molecule has 6 heteroatoms. The van der Waals surface area contributed by atoms with E-state index in [1.165, 1.54) is 5.56 Å². The van der Waals surface area contributed by atoms with Gasteiger partial charge in [-0.05, 0) is 23.6 Å². The summed E-state index contributed by atoms with van der Waals surface area (Å²) in [4.78, 5) is 2.25. The SMILES string of the molecule is COc1ccc(CN(Cc2nncn2C)[C@H](CO)C(C)C)cc1. The Bertz CT molecular complexity index is 595. The topological polar surface area (TPSA) is 63.4 Å². The lowest BCUT2D eigenvalue weighted by molar-refractivity contribution is 0.0755. The molecule has 0 aliphatic carbocycles. The van der Waals surface area contributed by atoms with E-state index in [-0.39, 0.29) is 12.6 Å². The van der Waals surface area contributed by atoms with Gasteiger partial charge in [0, 0.05) is 19.6 Å². The molecule has 0 radical (unpaired) electrons. The second-order valence-electron chi connectivity index (χ2n) is 6.11. The maximum absolute atomic E-state index is 9.82. The van der Waals surface area contributed by atoms with Gasteiger partial charge in [-0.1, -0.05) is 26.0 Å². The van der Waals surface area contributed by atoms with Crippen molar-refractivity contribution in [2.75, 3.05) is 13.7 Å². The predicted octanol–water partition coefficient (Wildman–Crippen LogP) is 1.84. The summed E-state index contributed by atoms with van der Waals surface area (Å²) in [7, 11) is 3.60. The van der Waals surface area contributed by atoms with Crippen molar-refractivity contribution in [3.8, 4) is 5.75 Å². The van der Waals surface area contributed by atoms with Crippen molar-refractivity contribution in [2.45, 2.75) is 33.0 Å². The standard InChI is InChI=1S/C17H26N4O2/c1-13(2)16(11-22)21(10-17-19-18-12-20(17)3)9-14-5-7-15(23-4)8-6-14/h5-8,12-13,16,22H,9-11H2,1-4H3/t16-/m1/s1. The van der Waals surface area contributed by atoms with E-state index in [0.717, 1.165) is 18.1 Å². The number of aliphatic hydroxyl groups excluding tert-OH is 1. The third-order valence-corrected chi connectivity index (χ3v) is 4.12. The summed E-state index contributed by atoms with van der Waals surface area (Å²) in [5, 5.41) is 17.9. The lowest BCUT2D eigenvalue weighted by atomic mass is 10.0. The third kappa shape index (κ3) is 4.53. The number of rotatable bonds is 8. The molecule has 23 heavy (non-hydrogen) atoms. The minimum absolute atomic E-state index is 0.0637. The molecule has 1 heterocycles. The Labute approximate surface area is 137 Å². The van der Waals surface area contributed by atoms with Gasteiger partial charge in [0.15, 0.2) is 0 Å². The van der Waals surface area contributed by atoms with Crippen molar-refractivity contribution in [1.82, 2.24) is 19.7 Å². The molecule has 126 valence electrons. The van der Waals surface area contributed by atoms with Gasteiger partial charge in [-0.3, -0.25) is 4.90 Å². The molecule has 0 fully saturated rings. The number of hydrogen-bond acceptors (Lipinski definition) is 5. The first-order valence-corrected chi connectivity index (χ1v) is 7.85. The number of aromatic nitrogens is 3. The van der Waals surface area contributed by atoms with Gasteiger partial charge in [0.25, 0.3) is 0 Å². The van der Waals surface area contributed by atoms with Gasteiger partial charge in [0.1, 0.15) is 17.9 Å². The van der Waals surface area contributed by atoms with E-state index in [1.54, 1.807) is 13.4 Å². The van der Waals surface area contributed by atoms with Crippen molar-refractivity contribution in [2.24, 2.45) is 13.0 Å². The van der Waals surface area contributed by atoms with E-state index < -0.39 is 0 Å². The van der Waals surface area contributed by atoms with E-state index in [2.05, 4.69) is 41.1 Å². The number of hydrogen-bond donors (Lipinski definition) is 1. The quantitative estimate of drug-likeness (QED) is 0.805. The lowest BCUT2D eigenvalue weighted by Crippen LogP contribution is -2.41. The fraction of sp³-hybridized carbons (Fsp3) is 0.529. The highest BCUT2D eigenvalue weighted by Crippen LogP contribution is 2.19. The Morgan fingerprint density at radius 2 is 1.91 bits per heavy atom. The Hall–Kier alpha value is -1.92. The van der Waals surface area contributed by atoms with Gasteiger partial charge >= 0.3 is 0 Å². The van der Waals surface area contributed by atoms with Crippen LogP contribution in [0, 0.1) is 5.92 Å². The summed E-state index contributed by atoms with van der Waals surface area (Å²) in [6.45, 7) is 5.75. The minimum atomic E-state index is 0.0637. The van der Waals surface area contributed by atoms with Gasteiger partial charge in [-0.25, -0.2) is 0 Å². The zero-order chi connectivity index (χ0) is 16.8. The van der Waals surface area contributed by atoms with Crippen LogP contribution in [0.2, 0.25) is 0 Å². The van der Waals surface area contributed by atoms with E-state index in [4.69, 9.17) is 4.74 Å². The van der Waals surface area contributed by atoms with Crippen molar-refractivity contribution >= 4 is 0 Å². The van der Waals surface area contributed by atoms with Gasteiger partial charge in [-0.15, -0.1) is 10.2 Å². The zero-order valence-electron chi connectivity index (χ0n) is 14.3. The number of ether oxygens (including phenoxy) is 1. The smallest absolute Gasteiger partial charge is 0.146 e. The van der Waals surface area contributed by atoms with Crippen LogP contribution in [0.5, 0.6) is 5.75 Å². The molecule has 0 amide bonds. The fourth-order valence-corrected chi connectivity index (χ4v) is 2.64. The van der Waals surface area contributed by atoms with Gasteiger partial charge < -0.3 is 14.4 Å². The summed E-state index contributed by atoms with van der Waals surface area (Å²) in [6, 6.07) is 8.08. The monoisotopic (exact) mass is 318 g/mol. The van der Waals surface area contributed by atoms with Crippen LogP contribution in [0.3, 0.4) is 0 Å². The second-order valence-corrected chi connectivity index (χ2v) is 6.11. The van der Waals surface area contributed by atoms with Crippen molar-refractivity contribution in [1.29, 1.82) is 0 Å². The van der Waals surface area contributed by atoms with Crippen LogP contribution in [0.15, 0.2) is 30.6 Å². The molecule has 2 rings (SSSR count). The molecule has 0 saturated heterocycles. The molecule has 0 aliphatic heterocycles. The number of aliphatic hydroxyl groups is 1. The summed E-state index contributed by atoms with van der Waals surface area (Å²) in [5.74, 6) is 2.07. The minimum Gasteiger partial charge on any atom is -0.497 e. The Kier molecular flexibility index (Phi) is 6.12. The van der Waals surface area contributed by atoms with E-state index >= 15 is 0 Å². The van der Waals surface area contributed by atoms with Crippen LogP contribution in [-0.2, 0) is 20.1 Å². The Morgan fingerprint density at radius 3 is 2.39 bits per heavy atom. The van der Waals surface area contributed by atoms with Crippen LogP contribution in [0.4, 0.5) is 0 Å². The average Bonchev–Trinajstić information content (AvgIpc) is 2.93. The zero-order valence-corrected chi connectivity index (χ0v) is 14.3. The second kappa shape index (κ2) is 8.08. The van der Waals surface area contributed by atoms with Gasteiger partial charge in [0.05, 0.1) is 20.3 Å². The van der Waals surface area contributed by atoms with Gasteiger partial charge in [0.2, 0.25) is 0 Å². The average molecular weight is 318 g/mol. The number of methoxy groups -OCH3 is 1. The van der Waals surface area contributed by atoms with Crippen molar-refractivity contribution in [3.63, 3.8) is 0 Å².